The van der Waals surface area contributed by atoms with E-state index in [9.17, 15) is 9.59 Å². The van der Waals surface area contributed by atoms with Gasteiger partial charge in [0.25, 0.3) is 11.8 Å². The van der Waals surface area contributed by atoms with Crippen molar-refractivity contribution in [3.63, 3.8) is 0 Å². The summed E-state index contributed by atoms with van der Waals surface area (Å²) in [4.78, 5) is 21.6. The third-order valence-corrected chi connectivity index (χ3v) is 2.38. The first-order valence-electron chi connectivity index (χ1n) is 3.43. The quantitative estimate of drug-likeness (QED) is 0.633. The second-order valence-electron chi connectivity index (χ2n) is 2.42. The number of hydrogen-bond donors (Lipinski definition) is 1. The standard InChI is InChI=1S/C7H7Br2NO2/c8-5(9)2-1-4-3-6(11)10-7(4)12/h3,5H,1-2H2,(H,10,11,12). The van der Waals surface area contributed by atoms with E-state index in [1.807, 2.05) is 0 Å². The predicted molar refractivity (Wildman–Crippen MR) is 52.1 cm³/mol. The summed E-state index contributed by atoms with van der Waals surface area (Å²) < 4.78 is 0.189. The third kappa shape index (κ3) is 2.71. The zero-order valence-electron chi connectivity index (χ0n) is 6.14. The van der Waals surface area contributed by atoms with Crippen molar-refractivity contribution in [3.05, 3.63) is 11.6 Å². The molecule has 1 aliphatic rings. The summed E-state index contributed by atoms with van der Waals surface area (Å²) >= 11 is 6.58. The highest BCUT2D eigenvalue weighted by Gasteiger charge is 2.20. The zero-order valence-corrected chi connectivity index (χ0v) is 9.31. The number of hydrogen-bond acceptors (Lipinski definition) is 2. The Morgan fingerprint density at radius 3 is 2.50 bits per heavy atom. The molecule has 1 rings (SSSR count). The Kier molecular flexibility index (Phi) is 3.46. The van der Waals surface area contributed by atoms with Crippen molar-refractivity contribution in [2.24, 2.45) is 0 Å². The number of nitrogens with one attached hydrogen (secondary N) is 1. The normalized spacial score (nSPS) is 16.8. The Hall–Kier alpha value is -0.160. The highest BCUT2D eigenvalue weighted by Crippen LogP contribution is 2.19. The van der Waals surface area contributed by atoms with Crippen LogP contribution in [0.25, 0.3) is 0 Å². The van der Waals surface area contributed by atoms with E-state index in [4.69, 9.17) is 0 Å². The van der Waals surface area contributed by atoms with Gasteiger partial charge < -0.3 is 0 Å². The molecule has 0 aromatic carbocycles. The van der Waals surface area contributed by atoms with E-state index in [0.717, 1.165) is 6.42 Å². The highest BCUT2D eigenvalue weighted by molar-refractivity contribution is 9.24. The van der Waals surface area contributed by atoms with Crippen LogP contribution >= 0.6 is 31.9 Å². The molecule has 0 radical (unpaired) electrons. The topological polar surface area (TPSA) is 46.2 Å². The van der Waals surface area contributed by atoms with E-state index in [1.165, 1.54) is 6.08 Å². The Bertz CT molecular complexity index is 248. The average Bonchev–Trinajstić information content (AvgIpc) is 2.26. The molecule has 12 heavy (non-hydrogen) atoms. The Balaban J connectivity index is 2.47. The minimum Gasteiger partial charge on any atom is -0.289 e. The minimum atomic E-state index is -0.310. The SMILES string of the molecule is O=C1C=C(CCC(Br)Br)C(=O)N1. The average molecular weight is 297 g/mol. The Labute approximate surface area is 86.8 Å². The van der Waals surface area contributed by atoms with Crippen molar-refractivity contribution in [2.45, 2.75) is 16.6 Å². The molecule has 66 valence electrons. The van der Waals surface area contributed by atoms with Gasteiger partial charge in [0.1, 0.15) is 0 Å². The molecule has 0 saturated heterocycles. The van der Waals surface area contributed by atoms with Crippen LogP contribution in [0.5, 0.6) is 0 Å². The molecule has 0 unspecified atom stereocenters. The van der Waals surface area contributed by atoms with Gasteiger partial charge in [0.15, 0.2) is 0 Å². The zero-order chi connectivity index (χ0) is 9.14. The van der Waals surface area contributed by atoms with Gasteiger partial charge in [0, 0.05) is 11.6 Å². The van der Waals surface area contributed by atoms with Crippen molar-refractivity contribution in [2.75, 3.05) is 0 Å². The lowest BCUT2D eigenvalue weighted by molar-refractivity contribution is -0.123. The molecule has 5 heteroatoms. The fourth-order valence-corrected chi connectivity index (χ4v) is 1.36. The number of rotatable bonds is 3. The Morgan fingerprint density at radius 2 is 2.08 bits per heavy atom. The van der Waals surface area contributed by atoms with Gasteiger partial charge in [-0.2, -0.15) is 0 Å². The van der Waals surface area contributed by atoms with Crippen molar-refractivity contribution < 1.29 is 9.59 Å². The predicted octanol–water partition coefficient (Wildman–Crippen LogP) is 1.47. The molecular formula is C7H7Br2NO2. The fourth-order valence-electron chi connectivity index (χ4n) is 0.902. The molecule has 0 atom stereocenters. The van der Waals surface area contributed by atoms with E-state index in [0.29, 0.717) is 12.0 Å². The lowest BCUT2D eigenvalue weighted by Crippen LogP contribution is -2.22. The minimum absolute atomic E-state index is 0.189. The lowest BCUT2D eigenvalue weighted by atomic mass is 10.1. The summed E-state index contributed by atoms with van der Waals surface area (Å²) in [5, 5.41) is 2.19. The van der Waals surface area contributed by atoms with E-state index >= 15 is 0 Å². The summed E-state index contributed by atoms with van der Waals surface area (Å²) in [6.07, 6.45) is 2.75. The van der Waals surface area contributed by atoms with Crippen molar-refractivity contribution in [1.29, 1.82) is 0 Å². The lowest BCUT2D eigenvalue weighted by Gasteiger charge is -1.99. The van der Waals surface area contributed by atoms with Crippen LogP contribution in [0, 0.1) is 0 Å². The summed E-state index contributed by atoms with van der Waals surface area (Å²) in [6.45, 7) is 0. The molecule has 0 fully saturated rings. The van der Waals surface area contributed by atoms with Gasteiger partial charge in [-0.05, 0) is 12.8 Å². The number of carbonyl (C=O) groups is 2. The molecule has 0 aromatic heterocycles. The molecule has 1 N–H and O–H groups in total. The molecule has 1 heterocycles. The van der Waals surface area contributed by atoms with Crippen molar-refractivity contribution in [3.8, 4) is 0 Å². The summed E-state index contributed by atoms with van der Waals surface area (Å²) in [5.74, 6) is -0.573. The summed E-state index contributed by atoms with van der Waals surface area (Å²) in [5.41, 5.74) is 0.559. The second kappa shape index (κ2) is 4.18. The summed E-state index contributed by atoms with van der Waals surface area (Å²) in [7, 11) is 0. The molecule has 0 saturated carbocycles. The van der Waals surface area contributed by atoms with Crippen LogP contribution in [0.15, 0.2) is 11.6 Å². The second-order valence-corrected chi connectivity index (χ2v) is 5.86. The van der Waals surface area contributed by atoms with Gasteiger partial charge in [-0.1, -0.05) is 31.9 Å². The van der Waals surface area contributed by atoms with Gasteiger partial charge >= 0.3 is 0 Å². The molecule has 1 aliphatic heterocycles. The van der Waals surface area contributed by atoms with Crippen molar-refractivity contribution in [1.82, 2.24) is 5.32 Å². The Morgan fingerprint density at radius 1 is 1.42 bits per heavy atom. The van der Waals surface area contributed by atoms with E-state index in [1.54, 1.807) is 0 Å². The van der Waals surface area contributed by atoms with Gasteiger partial charge in [0.2, 0.25) is 0 Å². The number of halogens is 2. The molecule has 0 aromatic rings. The molecule has 0 bridgehead atoms. The number of amides is 2. The summed E-state index contributed by atoms with van der Waals surface area (Å²) in [6, 6.07) is 0. The van der Waals surface area contributed by atoms with Gasteiger partial charge in [-0.25, -0.2) is 0 Å². The molecule has 0 spiro atoms. The maximum absolute atomic E-state index is 11.0. The van der Waals surface area contributed by atoms with Crippen LogP contribution in [0.3, 0.4) is 0 Å². The largest absolute Gasteiger partial charge is 0.289 e. The van der Waals surface area contributed by atoms with Crippen LogP contribution in [0.1, 0.15) is 12.8 Å². The fraction of sp³-hybridized carbons (Fsp3) is 0.429. The molecule has 0 aliphatic carbocycles. The highest BCUT2D eigenvalue weighted by atomic mass is 79.9. The molecule has 2 amide bonds. The maximum Gasteiger partial charge on any atom is 0.254 e. The van der Waals surface area contributed by atoms with E-state index < -0.39 is 0 Å². The van der Waals surface area contributed by atoms with Gasteiger partial charge in [0.05, 0.1) is 3.74 Å². The number of imide groups is 1. The van der Waals surface area contributed by atoms with Gasteiger partial charge in [-0.15, -0.1) is 0 Å². The van der Waals surface area contributed by atoms with Crippen LogP contribution in [-0.2, 0) is 9.59 Å². The third-order valence-electron chi connectivity index (χ3n) is 1.47. The number of carbonyl (C=O) groups excluding carboxylic acids is 2. The van der Waals surface area contributed by atoms with E-state index in [2.05, 4.69) is 37.2 Å². The number of alkyl halides is 2. The molecular weight excluding hydrogens is 290 g/mol. The first kappa shape index (κ1) is 9.92. The smallest absolute Gasteiger partial charge is 0.254 e. The monoisotopic (exact) mass is 295 g/mol. The first-order valence-corrected chi connectivity index (χ1v) is 5.27. The van der Waals surface area contributed by atoms with Crippen LogP contribution < -0.4 is 5.32 Å². The first-order chi connectivity index (χ1) is 5.59. The van der Waals surface area contributed by atoms with Gasteiger partial charge in [-0.3, -0.25) is 14.9 Å². The maximum atomic E-state index is 11.0. The van der Waals surface area contributed by atoms with Crippen molar-refractivity contribution >= 4 is 43.7 Å². The van der Waals surface area contributed by atoms with E-state index in [-0.39, 0.29) is 15.6 Å². The molecule has 3 nitrogen and oxygen atoms in total. The van der Waals surface area contributed by atoms with Crippen LogP contribution in [0.4, 0.5) is 0 Å². The van der Waals surface area contributed by atoms with Crippen LogP contribution in [0.2, 0.25) is 0 Å². The van der Waals surface area contributed by atoms with Crippen LogP contribution in [-0.4, -0.2) is 15.6 Å².